The van der Waals surface area contributed by atoms with Crippen LogP contribution in [0.25, 0.3) is 0 Å². The average molecular weight is 593 g/mol. The molecule has 8 nitrogen and oxygen atoms in total. The molecule has 0 atom stereocenters. The number of benzene rings is 4. The van der Waals surface area contributed by atoms with Crippen molar-refractivity contribution in [3.63, 3.8) is 0 Å². The lowest BCUT2D eigenvalue weighted by Crippen LogP contribution is -2.29. The Morgan fingerprint density at radius 2 is 0.841 bits per heavy atom. The fraction of sp³-hybridized carbons (Fsp3) is 0.118. The first-order valence-electron chi connectivity index (χ1n) is 14.1. The largest absolute Gasteiger partial charge is 0.356 e. The van der Waals surface area contributed by atoms with Crippen LogP contribution >= 0.6 is 0 Å². The van der Waals surface area contributed by atoms with Crippen molar-refractivity contribution in [2.45, 2.75) is 27.7 Å². The standard InChI is InChI=1S/C34H34F2N8/c1-21-33(43-41-27-15-7-5-13-25(27)35)22(2)38-31-19-11-12-20-32(31)40-24(4)34(44-42-28-16-8-6-14-26(28)36)23(3)39-30-18-10-9-17-29(30)37-21/h5-20,37,40-44H,1-4H3/b33-21+,34-24+,38-22?,39-23?. The highest BCUT2D eigenvalue weighted by Crippen LogP contribution is 2.30. The molecule has 0 fully saturated rings. The number of halogens is 2. The zero-order chi connectivity index (χ0) is 31.1. The molecule has 0 spiro atoms. The van der Waals surface area contributed by atoms with E-state index in [1.165, 1.54) is 12.1 Å². The van der Waals surface area contributed by atoms with Crippen molar-refractivity contribution in [2.75, 3.05) is 21.5 Å². The first-order chi connectivity index (χ1) is 21.3. The van der Waals surface area contributed by atoms with Crippen molar-refractivity contribution in [2.24, 2.45) is 9.98 Å². The van der Waals surface area contributed by atoms with Gasteiger partial charge in [-0.2, -0.15) is 0 Å². The molecule has 0 aliphatic carbocycles. The van der Waals surface area contributed by atoms with Gasteiger partial charge in [0.25, 0.3) is 0 Å². The van der Waals surface area contributed by atoms with E-state index in [2.05, 4.69) is 32.3 Å². The van der Waals surface area contributed by atoms with Crippen molar-refractivity contribution in [3.8, 4) is 0 Å². The summed E-state index contributed by atoms with van der Waals surface area (Å²) in [5, 5.41) is 6.92. The van der Waals surface area contributed by atoms with E-state index in [-0.39, 0.29) is 11.6 Å². The van der Waals surface area contributed by atoms with E-state index in [4.69, 9.17) is 9.98 Å². The quantitative estimate of drug-likeness (QED) is 0.126. The van der Waals surface area contributed by atoms with Crippen LogP contribution < -0.4 is 32.3 Å². The minimum absolute atomic E-state index is 0.299. The second-order valence-corrected chi connectivity index (χ2v) is 10.1. The highest BCUT2D eigenvalue weighted by atomic mass is 19.1. The maximum atomic E-state index is 14.4. The summed E-state index contributed by atoms with van der Waals surface area (Å²) in [6.07, 6.45) is 0. The highest BCUT2D eigenvalue weighted by molar-refractivity contribution is 6.03. The van der Waals surface area contributed by atoms with Gasteiger partial charge >= 0.3 is 0 Å². The topological polar surface area (TPSA) is 96.9 Å². The Hall–Kier alpha value is -5.64. The van der Waals surface area contributed by atoms with Crippen LogP contribution in [0.15, 0.2) is 130 Å². The molecule has 0 saturated carbocycles. The number of nitrogens with zero attached hydrogens (tertiary/aromatic N) is 2. The van der Waals surface area contributed by atoms with Gasteiger partial charge in [0.2, 0.25) is 0 Å². The van der Waals surface area contributed by atoms with E-state index < -0.39 is 0 Å². The molecule has 44 heavy (non-hydrogen) atoms. The number of allylic oxidation sites excluding steroid dienone is 4. The van der Waals surface area contributed by atoms with Crippen LogP contribution in [0.3, 0.4) is 0 Å². The fourth-order valence-corrected chi connectivity index (χ4v) is 4.65. The molecule has 0 aromatic heterocycles. The number of aliphatic imine (C=N–C) groups is 2. The van der Waals surface area contributed by atoms with Crippen LogP contribution in [0.5, 0.6) is 0 Å². The van der Waals surface area contributed by atoms with Gasteiger partial charge in [-0.05, 0) is 76.2 Å². The van der Waals surface area contributed by atoms with E-state index >= 15 is 0 Å². The third-order valence-corrected chi connectivity index (χ3v) is 6.89. The van der Waals surface area contributed by atoms with Crippen LogP contribution in [-0.4, -0.2) is 11.4 Å². The third kappa shape index (κ3) is 7.04. The molecule has 0 amide bonds. The smallest absolute Gasteiger partial charge is 0.148 e. The van der Waals surface area contributed by atoms with Gasteiger partial charge in [0.15, 0.2) is 0 Å². The zero-order valence-electron chi connectivity index (χ0n) is 24.9. The van der Waals surface area contributed by atoms with Gasteiger partial charge in [-0.25, -0.2) is 18.8 Å². The molecule has 5 rings (SSSR count). The number of nitrogens with one attached hydrogen (secondary N) is 6. The number of hydrazine groups is 2. The van der Waals surface area contributed by atoms with Crippen LogP contribution in [-0.2, 0) is 0 Å². The van der Waals surface area contributed by atoms with Crippen molar-refractivity contribution < 1.29 is 8.78 Å². The van der Waals surface area contributed by atoms with Gasteiger partial charge in [0.1, 0.15) is 11.6 Å². The van der Waals surface area contributed by atoms with Crippen LogP contribution in [0, 0.1) is 11.6 Å². The summed E-state index contributed by atoms with van der Waals surface area (Å²) in [6, 6.07) is 28.1. The summed E-state index contributed by atoms with van der Waals surface area (Å²) < 4.78 is 28.9. The molecule has 4 aromatic carbocycles. The van der Waals surface area contributed by atoms with E-state index in [0.717, 1.165) is 22.8 Å². The second kappa shape index (κ2) is 13.6. The minimum Gasteiger partial charge on any atom is -0.356 e. The van der Waals surface area contributed by atoms with Crippen LogP contribution in [0.2, 0.25) is 0 Å². The molecular weight excluding hydrogens is 558 g/mol. The Bertz CT molecular complexity index is 1660. The van der Waals surface area contributed by atoms with Gasteiger partial charge in [-0.15, -0.1) is 0 Å². The molecule has 0 unspecified atom stereocenters. The lowest BCUT2D eigenvalue weighted by Gasteiger charge is -2.21. The first-order valence-corrected chi connectivity index (χ1v) is 14.1. The normalized spacial score (nSPS) is 17.0. The van der Waals surface area contributed by atoms with Crippen molar-refractivity contribution in [1.82, 2.24) is 10.9 Å². The summed E-state index contributed by atoms with van der Waals surface area (Å²) in [7, 11) is 0. The summed E-state index contributed by atoms with van der Waals surface area (Å²) in [5.41, 5.74) is 19.7. The Balaban J connectivity index is 1.61. The number of para-hydroxylation sites is 6. The lowest BCUT2D eigenvalue weighted by molar-refractivity contribution is 0.628. The average Bonchev–Trinajstić information content (AvgIpc) is 3.00. The van der Waals surface area contributed by atoms with Gasteiger partial charge in [-0.3, -0.25) is 21.7 Å². The molecule has 0 radical (unpaired) electrons. The Kier molecular flexibility index (Phi) is 9.19. The summed E-state index contributed by atoms with van der Waals surface area (Å²) in [5.74, 6) is -0.773. The monoisotopic (exact) mass is 592 g/mol. The first kappa shape index (κ1) is 29.8. The number of rotatable bonds is 6. The predicted molar refractivity (Wildman–Crippen MR) is 177 cm³/mol. The van der Waals surface area contributed by atoms with E-state index in [1.807, 2.05) is 76.2 Å². The van der Waals surface area contributed by atoms with E-state index in [0.29, 0.717) is 45.6 Å². The molecule has 10 heteroatoms. The van der Waals surface area contributed by atoms with Crippen molar-refractivity contribution >= 4 is 45.5 Å². The second-order valence-electron chi connectivity index (χ2n) is 10.1. The predicted octanol–water partition coefficient (Wildman–Crippen LogP) is 8.38. The zero-order valence-corrected chi connectivity index (χ0v) is 24.9. The van der Waals surface area contributed by atoms with E-state index in [9.17, 15) is 8.78 Å². The molecule has 224 valence electrons. The molecule has 1 aliphatic heterocycles. The van der Waals surface area contributed by atoms with Gasteiger partial charge in [-0.1, -0.05) is 48.5 Å². The summed E-state index contributed by atoms with van der Waals surface area (Å²) >= 11 is 0. The Labute approximate surface area is 255 Å². The third-order valence-electron chi connectivity index (χ3n) is 6.89. The highest BCUT2D eigenvalue weighted by Gasteiger charge is 2.15. The maximum Gasteiger partial charge on any atom is 0.148 e. The number of fused-ring (bicyclic) bond motifs is 2. The van der Waals surface area contributed by atoms with E-state index in [1.54, 1.807) is 36.4 Å². The molecule has 0 saturated heterocycles. The Morgan fingerprint density at radius 1 is 0.477 bits per heavy atom. The molecule has 1 aliphatic rings. The van der Waals surface area contributed by atoms with Crippen LogP contribution in [0.1, 0.15) is 27.7 Å². The molecule has 1 heterocycles. The van der Waals surface area contributed by atoms with Crippen LogP contribution in [0.4, 0.5) is 42.9 Å². The van der Waals surface area contributed by atoms with Crippen molar-refractivity contribution in [1.29, 1.82) is 0 Å². The SMILES string of the molecule is CC1=Nc2ccccc2N/C(C)=C(/NNc2ccccc2F)C(C)=Nc2ccccc2N/C(C)=C\1NNc1ccccc1F. The summed E-state index contributed by atoms with van der Waals surface area (Å²) in [6.45, 7) is 7.56. The van der Waals surface area contributed by atoms with Gasteiger partial charge in [0.05, 0.1) is 56.9 Å². The lowest BCUT2D eigenvalue weighted by atomic mass is 10.1. The summed E-state index contributed by atoms with van der Waals surface area (Å²) in [4.78, 5) is 9.91. The molecule has 4 aromatic rings. The molecule has 0 bridgehead atoms. The minimum atomic E-state index is -0.387. The number of hydrogen-bond donors (Lipinski definition) is 6. The number of anilines is 4. The molecule has 6 N–H and O–H groups in total. The van der Waals surface area contributed by atoms with Gasteiger partial charge < -0.3 is 10.6 Å². The van der Waals surface area contributed by atoms with Gasteiger partial charge in [0, 0.05) is 11.4 Å². The fourth-order valence-electron chi connectivity index (χ4n) is 4.65. The number of hydrogen-bond acceptors (Lipinski definition) is 8. The van der Waals surface area contributed by atoms with Crippen molar-refractivity contribution in [3.05, 3.63) is 131 Å². The maximum absolute atomic E-state index is 14.4. The Morgan fingerprint density at radius 3 is 1.25 bits per heavy atom. The molecular formula is C34H34F2N8.